The summed E-state index contributed by atoms with van der Waals surface area (Å²) in [6.07, 6.45) is 5.01. The third-order valence-corrected chi connectivity index (χ3v) is 6.56. The second-order valence-electron chi connectivity index (χ2n) is 9.58. The molecule has 3 aromatic rings. The third kappa shape index (κ3) is 9.21. The van der Waals surface area contributed by atoms with Crippen LogP contribution in [0.3, 0.4) is 0 Å². The summed E-state index contributed by atoms with van der Waals surface area (Å²) in [6.45, 7) is 7.05. The molecule has 1 heterocycles. The summed E-state index contributed by atoms with van der Waals surface area (Å²) in [5.74, 6) is -0.0477. The molecule has 6 nitrogen and oxygen atoms in total. The van der Waals surface area contributed by atoms with Crippen LogP contribution in [0.4, 0.5) is 0 Å². The number of aromatic nitrogens is 1. The monoisotopic (exact) mass is 503 g/mol. The quantitative estimate of drug-likeness (QED) is 0.291. The minimum absolute atomic E-state index is 0.0208. The van der Waals surface area contributed by atoms with Gasteiger partial charge in [0.15, 0.2) is 0 Å². The molecule has 2 aromatic carbocycles. The number of rotatable bonds is 15. The second kappa shape index (κ2) is 15.0. The number of carbonyl (C=O) groups is 2. The maximum absolute atomic E-state index is 13.5. The predicted molar refractivity (Wildman–Crippen MR) is 148 cm³/mol. The predicted octanol–water partition coefficient (Wildman–Crippen LogP) is 5.08. The van der Waals surface area contributed by atoms with E-state index in [0.29, 0.717) is 39.1 Å². The number of nitrogens with zero attached hydrogens (tertiary/aromatic N) is 3. The highest BCUT2D eigenvalue weighted by atomic mass is 16.5. The van der Waals surface area contributed by atoms with Crippen LogP contribution in [-0.2, 0) is 33.8 Å². The van der Waals surface area contributed by atoms with Crippen LogP contribution in [0.2, 0.25) is 0 Å². The number of unbranched alkanes of at least 4 members (excludes halogenated alkanes) is 1. The molecule has 6 heteroatoms. The van der Waals surface area contributed by atoms with E-state index >= 15 is 0 Å². The van der Waals surface area contributed by atoms with Gasteiger partial charge in [-0.05, 0) is 43.0 Å². The molecule has 3 rings (SSSR count). The fourth-order valence-electron chi connectivity index (χ4n) is 4.40. The Morgan fingerprint density at radius 2 is 1.68 bits per heavy atom. The summed E-state index contributed by atoms with van der Waals surface area (Å²) in [5.41, 5.74) is 4.68. The second-order valence-corrected chi connectivity index (χ2v) is 9.58. The van der Waals surface area contributed by atoms with Crippen molar-refractivity contribution in [2.24, 2.45) is 0 Å². The number of benzene rings is 2. The van der Waals surface area contributed by atoms with E-state index in [0.717, 1.165) is 30.6 Å². The van der Waals surface area contributed by atoms with Gasteiger partial charge in [-0.3, -0.25) is 9.59 Å². The van der Waals surface area contributed by atoms with E-state index in [-0.39, 0.29) is 18.4 Å². The van der Waals surface area contributed by atoms with Crippen LogP contribution >= 0.6 is 0 Å². The number of hydrogen-bond donors (Lipinski definition) is 0. The third-order valence-electron chi connectivity index (χ3n) is 6.56. The smallest absolute Gasteiger partial charge is 0.242 e. The molecule has 0 aliphatic carbocycles. The Hall–Kier alpha value is -3.38. The molecular formula is C31H41N3O3. The molecule has 1 aromatic heterocycles. The van der Waals surface area contributed by atoms with E-state index in [4.69, 9.17) is 4.74 Å². The first-order valence-corrected chi connectivity index (χ1v) is 13.3. The van der Waals surface area contributed by atoms with Crippen molar-refractivity contribution in [2.45, 2.75) is 52.6 Å². The van der Waals surface area contributed by atoms with Crippen molar-refractivity contribution in [2.75, 3.05) is 33.4 Å². The first-order chi connectivity index (χ1) is 18.0. The van der Waals surface area contributed by atoms with Gasteiger partial charge >= 0.3 is 0 Å². The van der Waals surface area contributed by atoms with Crippen molar-refractivity contribution in [3.63, 3.8) is 0 Å². The molecule has 0 aliphatic rings. The highest BCUT2D eigenvalue weighted by molar-refractivity contribution is 5.85. The van der Waals surface area contributed by atoms with Gasteiger partial charge in [0.05, 0.1) is 19.7 Å². The van der Waals surface area contributed by atoms with E-state index in [2.05, 4.69) is 54.9 Å². The van der Waals surface area contributed by atoms with E-state index in [1.807, 2.05) is 41.3 Å². The lowest BCUT2D eigenvalue weighted by molar-refractivity contribution is -0.141. The number of ether oxygens (including phenoxy) is 1. The lowest BCUT2D eigenvalue weighted by Gasteiger charge is -2.28. The van der Waals surface area contributed by atoms with Crippen molar-refractivity contribution in [1.29, 1.82) is 0 Å². The Morgan fingerprint density at radius 1 is 0.892 bits per heavy atom. The number of aryl methyl sites for hydroxylation is 2. The first-order valence-electron chi connectivity index (χ1n) is 13.3. The van der Waals surface area contributed by atoms with E-state index < -0.39 is 0 Å². The molecule has 0 saturated carbocycles. The average Bonchev–Trinajstić information content (AvgIpc) is 3.34. The van der Waals surface area contributed by atoms with Gasteiger partial charge in [0.2, 0.25) is 11.8 Å². The molecule has 0 aliphatic heterocycles. The summed E-state index contributed by atoms with van der Waals surface area (Å²) < 4.78 is 7.44. The highest BCUT2D eigenvalue weighted by Crippen LogP contribution is 2.14. The van der Waals surface area contributed by atoms with Gasteiger partial charge in [0.1, 0.15) is 0 Å². The Balaban J connectivity index is 1.68. The van der Waals surface area contributed by atoms with Crippen molar-refractivity contribution < 1.29 is 14.3 Å². The average molecular weight is 504 g/mol. The summed E-state index contributed by atoms with van der Waals surface area (Å²) in [7, 11) is 1.62. The SMILES string of the molecule is CCCCN(Cc1cccn1Cc1cccc(C)c1)C(=O)CN(CCOC)C(=O)CCc1ccccc1. The molecule has 0 saturated heterocycles. The van der Waals surface area contributed by atoms with Crippen LogP contribution in [0.25, 0.3) is 0 Å². The molecule has 198 valence electrons. The molecule has 0 atom stereocenters. The minimum Gasteiger partial charge on any atom is -0.383 e. The van der Waals surface area contributed by atoms with Gasteiger partial charge in [-0.1, -0.05) is 73.5 Å². The van der Waals surface area contributed by atoms with Gasteiger partial charge in [0, 0.05) is 45.1 Å². The Bertz CT molecular complexity index is 1110. The maximum Gasteiger partial charge on any atom is 0.242 e. The number of amides is 2. The standard InChI is InChI=1S/C31H41N3O3/c1-4-5-18-33(24-29-15-10-19-32(29)23-28-14-9-11-26(2)22-28)31(36)25-34(20-21-37-3)30(35)17-16-27-12-7-6-8-13-27/h6-15,19,22H,4-5,16-18,20-21,23-25H2,1-3H3. The molecule has 0 N–H and O–H groups in total. The fraction of sp³-hybridized carbons (Fsp3) is 0.419. The molecule has 0 unspecified atom stereocenters. The summed E-state index contributed by atoms with van der Waals surface area (Å²) in [6, 6.07) is 22.6. The molecule has 0 radical (unpaired) electrons. The zero-order valence-electron chi connectivity index (χ0n) is 22.6. The van der Waals surface area contributed by atoms with Crippen molar-refractivity contribution in [3.8, 4) is 0 Å². The Morgan fingerprint density at radius 3 is 2.41 bits per heavy atom. The van der Waals surface area contributed by atoms with Crippen LogP contribution in [-0.4, -0.2) is 59.5 Å². The van der Waals surface area contributed by atoms with Gasteiger partial charge < -0.3 is 19.1 Å². The van der Waals surface area contributed by atoms with Crippen LogP contribution in [0.15, 0.2) is 72.9 Å². The highest BCUT2D eigenvalue weighted by Gasteiger charge is 2.22. The first kappa shape index (κ1) is 28.2. The summed E-state index contributed by atoms with van der Waals surface area (Å²) >= 11 is 0. The van der Waals surface area contributed by atoms with Gasteiger partial charge in [-0.25, -0.2) is 0 Å². The normalized spacial score (nSPS) is 10.9. The zero-order valence-corrected chi connectivity index (χ0v) is 22.6. The Kier molecular flexibility index (Phi) is 11.4. The molecule has 2 amide bonds. The van der Waals surface area contributed by atoms with Crippen molar-refractivity contribution in [3.05, 3.63) is 95.3 Å². The van der Waals surface area contributed by atoms with Gasteiger partial charge in [-0.2, -0.15) is 0 Å². The maximum atomic E-state index is 13.5. The lowest BCUT2D eigenvalue weighted by Crippen LogP contribution is -2.44. The molecule has 0 fully saturated rings. The topological polar surface area (TPSA) is 54.8 Å². The van der Waals surface area contributed by atoms with Crippen LogP contribution in [0.1, 0.15) is 48.6 Å². The van der Waals surface area contributed by atoms with Crippen LogP contribution in [0.5, 0.6) is 0 Å². The zero-order chi connectivity index (χ0) is 26.5. The molecule has 37 heavy (non-hydrogen) atoms. The minimum atomic E-state index is -0.0269. The van der Waals surface area contributed by atoms with Crippen molar-refractivity contribution >= 4 is 11.8 Å². The van der Waals surface area contributed by atoms with E-state index in [1.165, 1.54) is 11.1 Å². The van der Waals surface area contributed by atoms with Gasteiger partial charge in [-0.15, -0.1) is 0 Å². The van der Waals surface area contributed by atoms with E-state index in [1.54, 1.807) is 12.0 Å². The lowest BCUT2D eigenvalue weighted by atomic mass is 10.1. The Labute approximate surface area is 221 Å². The van der Waals surface area contributed by atoms with Crippen LogP contribution in [0, 0.1) is 6.92 Å². The molecular weight excluding hydrogens is 462 g/mol. The fourth-order valence-corrected chi connectivity index (χ4v) is 4.40. The number of hydrogen-bond acceptors (Lipinski definition) is 3. The number of carbonyl (C=O) groups excluding carboxylic acids is 2. The molecule has 0 bridgehead atoms. The largest absolute Gasteiger partial charge is 0.383 e. The number of methoxy groups -OCH3 is 1. The summed E-state index contributed by atoms with van der Waals surface area (Å²) in [4.78, 5) is 30.2. The van der Waals surface area contributed by atoms with E-state index in [9.17, 15) is 9.59 Å². The van der Waals surface area contributed by atoms with Crippen molar-refractivity contribution in [1.82, 2.24) is 14.4 Å². The summed E-state index contributed by atoms with van der Waals surface area (Å²) in [5, 5.41) is 0. The van der Waals surface area contributed by atoms with Crippen LogP contribution < -0.4 is 0 Å². The van der Waals surface area contributed by atoms with Gasteiger partial charge in [0.25, 0.3) is 0 Å². The molecule has 0 spiro atoms.